The molecule has 0 aliphatic carbocycles. The number of hydrogen-bond acceptors (Lipinski definition) is 4. The molecule has 1 N–H and O–H groups in total. The quantitative estimate of drug-likeness (QED) is 0.837. The van der Waals surface area contributed by atoms with E-state index in [0.29, 0.717) is 6.61 Å². The number of aromatic nitrogens is 3. The predicted octanol–water partition coefficient (Wildman–Crippen LogP) is 2.04. The van der Waals surface area contributed by atoms with Crippen LogP contribution in [0.4, 0.5) is 0 Å². The van der Waals surface area contributed by atoms with Crippen LogP contribution in [0.15, 0.2) is 4.60 Å². The van der Waals surface area contributed by atoms with Crippen LogP contribution in [-0.2, 0) is 11.8 Å². The van der Waals surface area contributed by atoms with Gasteiger partial charge in [-0.05, 0) is 36.3 Å². The number of nitrogens with zero attached hydrogens (tertiary/aromatic N) is 3. The van der Waals surface area contributed by atoms with Crippen molar-refractivity contribution < 1.29 is 4.74 Å². The number of aryl methyl sites for hydroxylation is 1. The fourth-order valence-electron chi connectivity index (χ4n) is 2.01. The van der Waals surface area contributed by atoms with E-state index in [4.69, 9.17) is 4.74 Å². The summed E-state index contributed by atoms with van der Waals surface area (Å²) in [7, 11) is 3.83. The van der Waals surface area contributed by atoms with Crippen LogP contribution in [-0.4, -0.2) is 34.8 Å². The number of likely N-dealkylation sites (N-methyl/N-ethyl adjacent to an activating group) is 1. The molecule has 0 bridgehead atoms. The SMILES string of the molecule is CCCC(OCC)C(NC)c1c(Br)nnn1C. The zero-order chi connectivity index (χ0) is 12.8. The van der Waals surface area contributed by atoms with Crippen LogP contribution in [0.25, 0.3) is 0 Å². The van der Waals surface area contributed by atoms with Gasteiger partial charge in [0.15, 0.2) is 4.60 Å². The monoisotopic (exact) mass is 304 g/mol. The minimum atomic E-state index is 0.101. The molecule has 0 aliphatic rings. The molecule has 0 aliphatic heterocycles. The summed E-state index contributed by atoms with van der Waals surface area (Å²) in [5.41, 5.74) is 1.03. The first-order valence-corrected chi connectivity index (χ1v) is 6.78. The lowest BCUT2D eigenvalue weighted by Crippen LogP contribution is -2.33. The molecular weight excluding hydrogens is 284 g/mol. The lowest BCUT2D eigenvalue weighted by atomic mass is 10.0. The molecule has 17 heavy (non-hydrogen) atoms. The molecule has 0 aromatic carbocycles. The van der Waals surface area contributed by atoms with Crippen LogP contribution in [0.5, 0.6) is 0 Å². The van der Waals surface area contributed by atoms with Crippen LogP contribution < -0.4 is 5.32 Å². The Morgan fingerprint density at radius 3 is 2.59 bits per heavy atom. The van der Waals surface area contributed by atoms with Crippen molar-refractivity contribution in [1.29, 1.82) is 0 Å². The Kier molecular flexibility index (Phi) is 6.08. The Morgan fingerprint density at radius 1 is 1.47 bits per heavy atom. The van der Waals surface area contributed by atoms with Crippen molar-refractivity contribution in [3.63, 3.8) is 0 Å². The van der Waals surface area contributed by atoms with Crippen molar-refractivity contribution >= 4 is 15.9 Å². The van der Waals surface area contributed by atoms with E-state index >= 15 is 0 Å². The zero-order valence-electron chi connectivity index (χ0n) is 10.9. The first-order valence-electron chi connectivity index (χ1n) is 5.99. The first kappa shape index (κ1) is 14.6. The summed E-state index contributed by atoms with van der Waals surface area (Å²) in [6.45, 7) is 4.90. The van der Waals surface area contributed by atoms with Crippen LogP contribution in [0.3, 0.4) is 0 Å². The van der Waals surface area contributed by atoms with Gasteiger partial charge in [0.2, 0.25) is 0 Å². The molecule has 1 aromatic heterocycles. The molecule has 2 atom stereocenters. The van der Waals surface area contributed by atoms with Crippen molar-refractivity contribution in [1.82, 2.24) is 20.3 Å². The van der Waals surface area contributed by atoms with Crippen LogP contribution in [0.1, 0.15) is 38.4 Å². The van der Waals surface area contributed by atoms with E-state index < -0.39 is 0 Å². The number of halogens is 1. The number of nitrogens with one attached hydrogen (secondary N) is 1. The summed E-state index contributed by atoms with van der Waals surface area (Å²) < 4.78 is 8.38. The molecule has 1 heterocycles. The molecule has 1 rings (SSSR count). The summed E-state index contributed by atoms with van der Waals surface area (Å²) in [6.07, 6.45) is 2.24. The number of hydrogen-bond donors (Lipinski definition) is 1. The second-order valence-electron chi connectivity index (χ2n) is 3.94. The molecule has 98 valence electrons. The Labute approximate surface area is 111 Å². The lowest BCUT2D eigenvalue weighted by molar-refractivity contribution is 0.0274. The predicted molar refractivity (Wildman–Crippen MR) is 70.8 cm³/mol. The zero-order valence-corrected chi connectivity index (χ0v) is 12.5. The van der Waals surface area contributed by atoms with E-state index in [0.717, 1.165) is 23.1 Å². The Balaban J connectivity index is 2.95. The van der Waals surface area contributed by atoms with Gasteiger partial charge >= 0.3 is 0 Å². The van der Waals surface area contributed by atoms with Crippen molar-refractivity contribution in [2.45, 2.75) is 38.8 Å². The van der Waals surface area contributed by atoms with E-state index in [1.54, 1.807) is 4.68 Å². The van der Waals surface area contributed by atoms with E-state index in [9.17, 15) is 0 Å². The lowest BCUT2D eigenvalue weighted by Gasteiger charge is -2.26. The van der Waals surface area contributed by atoms with Gasteiger partial charge in [0, 0.05) is 13.7 Å². The summed E-state index contributed by atoms with van der Waals surface area (Å²) in [6, 6.07) is 0.101. The highest BCUT2D eigenvalue weighted by atomic mass is 79.9. The Bertz CT molecular complexity index is 317. The maximum absolute atomic E-state index is 5.82. The van der Waals surface area contributed by atoms with Gasteiger partial charge in [-0.3, -0.25) is 0 Å². The molecular formula is C11H21BrN4O. The van der Waals surface area contributed by atoms with Crippen LogP contribution in [0, 0.1) is 0 Å². The van der Waals surface area contributed by atoms with E-state index in [1.165, 1.54) is 0 Å². The second-order valence-corrected chi connectivity index (χ2v) is 4.69. The molecule has 0 spiro atoms. The molecule has 5 nitrogen and oxygen atoms in total. The van der Waals surface area contributed by atoms with Gasteiger partial charge in [-0.15, -0.1) is 5.10 Å². The van der Waals surface area contributed by atoms with Crippen molar-refractivity contribution in [2.75, 3.05) is 13.7 Å². The molecule has 1 aromatic rings. The first-order chi connectivity index (χ1) is 8.15. The summed E-state index contributed by atoms with van der Waals surface area (Å²) in [5.74, 6) is 0. The summed E-state index contributed by atoms with van der Waals surface area (Å²) in [5, 5.41) is 11.3. The molecule has 0 saturated carbocycles. The molecule has 0 saturated heterocycles. The topological polar surface area (TPSA) is 52.0 Å². The van der Waals surface area contributed by atoms with Gasteiger partial charge in [0.25, 0.3) is 0 Å². The highest BCUT2D eigenvalue weighted by Gasteiger charge is 2.27. The van der Waals surface area contributed by atoms with Crippen LogP contribution in [0.2, 0.25) is 0 Å². The van der Waals surface area contributed by atoms with Crippen molar-refractivity contribution in [3.8, 4) is 0 Å². The minimum Gasteiger partial charge on any atom is -0.376 e. The van der Waals surface area contributed by atoms with Gasteiger partial charge < -0.3 is 10.1 Å². The average Bonchev–Trinajstić information content (AvgIpc) is 2.62. The van der Waals surface area contributed by atoms with E-state index in [-0.39, 0.29) is 12.1 Å². The second kappa shape index (κ2) is 7.08. The highest BCUT2D eigenvalue weighted by molar-refractivity contribution is 9.10. The number of ether oxygens (including phenoxy) is 1. The summed E-state index contributed by atoms with van der Waals surface area (Å²) >= 11 is 3.44. The highest BCUT2D eigenvalue weighted by Crippen LogP contribution is 2.26. The van der Waals surface area contributed by atoms with Crippen molar-refractivity contribution in [3.05, 3.63) is 10.3 Å². The molecule has 0 fully saturated rings. The van der Waals surface area contributed by atoms with Gasteiger partial charge in [0.05, 0.1) is 17.8 Å². The van der Waals surface area contributed by atoms with Gasteiger partial charge in [-0.2, -0.15) is 0 Å². The van der Waals surface area contributed by atoms with Gasteiger partial charge in [0.1, 0.15) is 0 Å². The van der Waals surface area contributed by atoms with Gasteiger partial charge in [-0.1, -0.05) is 18.6 Å². The third-order valence-corrected chi connectivity index (χ3v) is 3.32. The Morgan fingerprint density at radius 2 is 2.18 bits per heavy atom. The standard InChI is InChI=1S/C11H21BrN4O/c1-5-7-8(17-6-2)9(13-3)10-11(12)14-15-16(10)4/h8-9,13H,5-7H2,1-4H3. The smallest absolute Gasteiger partial charge is 0.153 e. The maximum atomic E-state index is 5.82. The average molecular weight is 305 g/mol. The largest absolute Gasteiger partial charge is 0.376 e. The third-order valence-electron chi connectivity index (χ3n) is 2.76. The molecule has 0 amide bonds. The molecule has 0 radical (unpaired) electrons. The fourth-order valence-corrected chi connectivity index (χ4v) is 2.59. The fraction of sp³-hybridized carbons (Fsp3) is 0.818. The maximum Gasteiger partial charge on any atom is 0.153 e. The Hall–Kier alpha value is -0.460. The van der Waals surface area contributed by atoms with Gasteiger partial charge in [-0.25, -0.2) is 4.68 Å². The van der Waals surface area contributed by atoms with E-state index in [1.807, 2.05) is 21.0 Å². The van der Waals surface area contributed by atoms with E-state index in [2.05, 4.69) is 38.5 Å². The minimum absolute atomic E-state index is 0.101. The van der Waals surface area contributed by atoms with Crippen molar-refractivity contribution in [2.24, 2.45) is 7.05 Å². The summed E-state index contributed by atoms with van der Waals surface area (Å²) in [4.78, 5) is 0. The molecule has 2 unspecified atom stereocenters. The number of rotatable bonds is 7. The molecule has 6 heteroatoms. The normalized spacial score (nSPS) is 14.9. The van der Waals surface area contributed by atoms with Crippen LogP contribution >= 0.6 is 15.9 Å². The third kappa shape index (κ3) is 3.50.